The second kappa shape index (κ2) is 5.90. The van der Waals surface area contributed by atoms with Gasteiger partial charge in [0.25, 0.3) is 0 Å². The van der Waals surface area contributed by atoms with Crippen LogP contribution in [0.3, 0.4) is 0 Å². The van der Waals surface area contributed by atoms with E-state index in [0.29, 0.717) is 5.92 Å². The first-order valence-electron chi connectivity index (χ1n) is 6.76. The molecule has 0 radical (unpaired) electrons. The van der Waals surface area contributed by atoms with Gasteiger partial charge in [0.05, 0.1) is 0 Å². The zero-order chi connectivity index (χ0) is 13.1. The molecular weight excluding hydrogens is 242 g/mol. The lowest BCUT2D eigenvalue weighted by Gasteiger charge is -2.13. The highest BCUT2D eigenvalue weighted by atomic mass is 35.5. The molecule has 1 aromatic rings. The van der Waals surface area contributed by atoms with Crippen molar-refractivity contribution in [3.63, 3.8) is 0 Å². The van der Waals surface area contributed by atoms with Gasteiger partial charge < -0.3 is 5.32 Å². The van der Waals surface area contributed by atoms with E-state index >= 15 is 0 Å². The molecule has 1 aliphatic carbocycles. The van der Waals surface area contributed by atoms with Gasteiger partial charge in [-0.3, -0.25) is 0 Å². The molecule has 0 heterocycles. The topological polar surface area (TPSA) is 12.0 Å². The van der Waals surface area contributed by atoms with E-state index in [2.05, 4.69) is 38.2 Å². The molecule has 98 valence electrons. The highest BCUT2D eigenvalue weighted by molar-refractivity contribution is 6.30. The van der Waals surface area contributed by atoms with Crippen LogP contribution < -0.4 is 5.32 Å². The molecule has 0 unspecified atom stereocenters. The normalized spacial score (nSPS) is 16.4. The Bertz CT molecular complexity index is 444. The summed E-state index contributed by atoms with van der Waals surface area (Å²) in [6, 6.07) is 6.86. The summed E-state index contributed by atoms with van der Waals surface area (Å²) in [4.78, 5) is 0. The van der Waals surface area contributed by atoms with Gasteiger partial charge in [0, 0.05) is 17.6 Å². The zero-order valence-corrected chi connectivity index (χ0v) is 12.2. The molecule has 18 heavy (non-hydrogen) atoms. The summed E-state index contributed by atoms with van der Waals surface area (Å²) < 4.78 is 0. The molecule has 1 aromatic carbocycles. The fourth-order valence-electron chi connectivity index (χ4n) is 1.97. The lowest BCUT2D eigenvalue weighted by atomic mass is 9.98. The van der Waals surface area contributed by atoms with Crippen molar-refractivity contribution in [1.82, 2.24) is 5.32 Å². The van der Waals surface area contributed by atoms with Crippen LogP contribution in [0.25, 0.3) is 6.08 Å². The minimum Gasteiger partial charge on any atom is -0.310 e. The summed E-state index contributed by atoms with van der Waals surface area (Å²) in [6.45, 7) is 7.63. The van der Waals surface area contributed by atoms with E-state index < -0.39 is 0 Å². The van der Waals surface area contributed by atoms with Crippen molar-refractivity contribution in [2.45, 2.75) is 39.7 Å². The van der Waals surface area contributed by atoms with Gasteiger partial charge in [0.15, 0.2) is 0 Å². The van der Waals surface area contributed by atoms with E-state index in [1.165, 1.54) is 29.5 Å². The predicted molar refractivity (Wildman–Crippen MR) is 80.0 cm³/mol. The lowest BCUT2D eigenvalue weighted by Crippen LogP contribution is -2.21. The van der Waals surface area contributed by atoms with Crippen LogP contribution in [0.15, 0.2) is 23.8 Å². The first-order chi connectivity index (χ1) is 8.56. The molecule has 0 spiro atoms. The van der Waals surface area contributed by atoms with Gasteiger partial charge in [0.1, 0.15) is 0 Å². The minimum atomic E-state index is 0.575. The van der Waals surface area contributed by atoms with Crippen LogP contribution in [0.4, 0.5) is 0 Å². The Hall–Kier alpha value is -0.790. The SMILES string of the molecule is Cc1cc(Cl)ccc1/C=C(\CNC1CC1)C(C)C. The molecule has 1 nitrogen and oxygen atoms in total. The van der Waals surface area contributed by atoms with Crippen LogP contribution in [0.2, 0.25) is 5.02 Å². The van der Waals surface area contributed by atoms with Gasteiger partial charge in [-0.15, -0.1) is 0 Å². The fourth-order valence-corrected chi connectivity index (χ4v) is 2.20. The van der Waals surface area contributed by atoms with E-state index in [4.69, 9.17) is 11.6 Å². The summed E-state index contributed by atoms with van der Waals surface area (Å²) in [5.41, 5.74) is 3.99. The molecule has 1 aliphatic rings. The number of nitrogens with one attached hydrogen (secondary N) is 1. The highest BCUT2D eigenvalue weighted by Gasteiger charge is 2.20. The Balaban J connectivity index is 2.14. The third-order valence-corrected chi connectivity index (χ3v) is 3.72. The molecular formula is C16H22ClN. The Morgan fingerprint density at radius 2 is 2.17 bits per heavy atom. The highest BCUT2D eigenvalue weighted by Crippen LogP contribution is 2.22. The maximum Gasteiger partial charge on any atom is 0.0409 e. The van der Waals surface area contributed by atoms with Gasteiger partial charge in [-0.2, -0.15) is 0 Å². The molecule has 2 rings (SSSR count). The van der Waals surface area contributed by atoms with Gasteiger partial charge in [-0.1, -0.05) is 43.2 Å². The zero-order valence-electron chi connectivity index (χ0n) is 11.5. The van der Waals surface area contributed by atoms with Crippen LogP contribution in [-0.2, 0) is 0 Å². The van der Waals surface area contributed by atoms with Crippen molar-refractivity contribution in [3.8, 4) is 0 Å². The molecule has 0 atom stereocenters. The third-order valence-electron chi connectivity index (χ3n) is 3.49. The predicted octanol–water partition coefficient (Wildman–Crippen LogP) is 4.44. The molecule has 2 heteroatoms. The summed E-state index contributed by atoms with van der Waals surface area (Å²) in [5.74, 6) is 0.575. The van der Waals surface area contributed by atoms with E-state index in [0.717, 1.165) is 17.6 Å². The molecule has 0 saturated heterocycles. The van der Waals surface area contributed by atoms with Crippen LogP contribution >= 0.6 is 11.6 Å². The van der Waals surface area contributed by atoms with Crippen molar-refractivity contribution in [2.75, 3.05) is 6.54 Å². The van der Waals surface area contributed by atoms with E-state index in [9.17, 15) is 0 Å². The van der Waals surface area contributed by atoms with Crippen LogP contribution in [-0.4, -0.2) is 12.6 Å². The first-order valence-corrected chi connectivity index (χ1v) is 7.14. The van der Waals surface area contributed by atoms with Crippen LogP contribution in [0.5, 0.6) is 0 Å². The summed E-state index contributed by atoms with van der Waals surface area (Å²) >= 11 is 5.99. The molecule has 1 fully saturated rings. The van der Waals surface area contributed by atoms with E-state index in [1.807, 2.05) is 12.1 Å². The summed E-state index contributed by atoms with van der Waals surface area (Å²) in [5, 5.41) is 4.41. The van der Waals surface area contributed by atoms with Crippen molar-refractivity contribution in [2.24, 2.45) is 5.92 Å². The largest absolute Gasteiger partial charge is 0.310 e. The average Bonchev–Trinajstić information content (AvgIpc) is 3.10. The van der Waals surface area contributed by atoms with Crippen LogP contribution in [0, 0.1) is 12.8 Å². The fraction of sp³-hybridized carbons (Fsp3) is 0.500. The van der Waals surface area contributed by atoms with Crippen LogP contribution in [0.1, 0.15) is 37.8 Å². The number of rotatable bonds is 5. The number of hydrogen-bond acceptors (Lipinski definition) is 1. The second-order valence-corrected chi connectivity index (χ2v) is 5.97. The number of halogens is 1. The second-order valence-electron chi connectivity index (χ2n) is 5.53. The Morgan fingerprint density at radius 1 is 1.44 bits per heavy atom. The molecule has 0 aliphatic heterocycles. The Labute approximate surface area is 115 Å². The molecule has 0 aromatic heterocycles. The monoisotopic (exact) mass is 263 g/mol. The van der Waals surface area contributed by atoms with Gasteiger partial charge in [-0.25, -0.2) is 0 Å². The maximum absolute atomic E-state index is 5.99. The quantitative estimate of drug-likeness (QED) is 0.828. The molecule has 1 N–H and O–H groups in total. The molecule has 1 saturated carbocycles. The van der Waals surface area contributed by atoms with Gasteiger partial charge in [-0.05, 0) is 48.9 Å². The third kappa shape index (κ3) is 3.86. The van der Waals surface area contributed by atoms with Gasteiger partial charge >= 0.3 is 0 Å². The Morgan fingerprint density at radius 3 is 2.72 bits per heavy atom. The first kappa shape index (κ1) is 13.6. The smallest absolute Gasteiger partial charge is 0.0409 e. The summed E-state index contributed by atoms with van der Waals surface area (Å²) in [6.07, 6.45) is 4.99. The lowest BCUT2D eigenvalue weighted by molar-refractivity contribution is 0.662. The van der Waals surface area contributed by atoms with Gasteiger partial charge in [0.2, 0.25) is 0 Å². The number of aryl methyl sites for hydroxylation is 1. The average molecular weight is 264 g/mol. The molecule has 0 amide bonds. The van der Waals surface area contributed by atoms with Crippen molar-refractivity contribution in [3.05, 3.63) is 39.9 Å². The maximum atomic E-state index is 5.99. The van der Waals surface area contributed by atoms with Crippen molar-refractivity contribution >= 4 is 17.7 Å². The standard InChI is InChI=1S/C16H22ClN/c1-11(2)14(10-18-16-6-7-16)9-13-4-5-15(17)8-12(13)3/h4-5,8-9,11,16,18H,6-7,10H2,1-3H3/b14-9+. The van der Waals surface area contributed by atoms with Crippen molar-refractivity contribution < 1.29 is 0 Å². The Kier molecular flexibility index (Phi) is 4.47. The van der Waals surface area contributed by atoms with E-state index in [1.54, 1.807) is 0 Å². The minimum absolute atomic E-state index is 0.575. The number of benzene rings is 1. The van der Waals surface area contributed by atoms with Crippen molar-refractivity contribution in [1.29, 1.82) is 0 Å². The summed E-state index contributed by atoms with van der Waals surface area (Å²) in [7, 11) is 0. The number of hydrogen-bond donors (Lipinski definition) is 1. The van der Waals surface area contributed by atoms with E-state index in [-0.39, 0.29) is 0 Å². The molecule has 0 bridgehead atoms.